The molecule has 0 saturated carbocycles. The lowest BCUT2D eigenvalue weighted by Gasteiger charge is -2.22. The van der Waals surface area contributed by atoms with E-state index in [9.17, 15) is 14.7 Å². The Morgan fingerprint density at radius 1 is 0.976 bits per heavy atom. The lowest BCUT2D eigenvalue weighted by molar-refractivity contribution is -0.132. The number of ether oxygens (including phenoxy) is 2. The number of Topliss-reactive ketones (excluding diaryl/α,β-unsaturated/α-hetero) is 1. The Balaban J connectivity index is 1.52. The molecule has 1 N–H and O–H groups in total. The number of carbonyl (C=O) groups excluding carboxylic acids is 2. The summed E-state index contributed by atoms with van der Waals surface area (Å²) in [4.78, 5) is 28.3. The lowest BCUT2D eigenvalue weighted by Crippen LogP contribution is -2.29. The van der Waals surface area contributed by atoms with Crippen LogP contribution < -0.4 is 14.4 Å². The summed E-state index contributed by atoms with van der Waals surface area (Å²) < 4.78 is 11.8. The van der Waals surface area contributed by atoms with Crippen LogP contribution in [0.25, 0.3) is 5.76 Å². The topological polar surface area (TPSA) is 102 Å². The maximum Gasteiger partial charge on any atom is 0.301 e. The minimum atomic E-state index is -0.925. The fourth-order valence-electron chi connectivity index (χ4n) is 4.46. The maximum absolute atomic E-state index is 13.5. The van der Waals surface area contributed by atoms with Gasteiger partial charge < -0.3 is 14.6 Å². The molecule has 0 aliphatic carbocycles. The summed E-state index contributed by atoms with van der Waals surface area (Å²) >= 11 is 8.93. The molecule has 0 bridgehead atoms. The van der Waals surface area contributed by atoms with Gasteiger partial charge in [-0.1, -0.05) is 72.0 Å². The standard InChI is InChI=1S/C31H28ClN3O5S2/c1-3-17-40-23-13-9-19(10-14-23)26-25(27(36)20-11-15-22(16-12-20)39-4-2)28(37)29(38)35(26)30-33-34-31(42-30)41-18-21-7-5-6-8-24(21)32/h5-16,26,36H,3-4,17-18H2,1-2H3/b27-25-. The summed E-state index contributed by atoms with van der Waals surface area (Å²) in [6.45, 7) is 4.96. The van der Waals surface area contributed by atoms with E-state index >= 15 is 0 Å². The summed E-state index contributed by atoms with van der Waals surface area (Å²) in [5, 5.41) is 20.8. The van der Waals surface area contributed by atoms with E-state index in [1.165, 1.54) is 28.0 Å². The Bertz CT molecular complexity index is 1610. The summed E-state index contributed by atoms with van der Waals surface area (Å²) in [7, 11) is 0. The smallest absolute Gasteiger partial charge is 0.301 e. The Kier molecular flexibility index (Phi) is 9.46. The number of amides is 1. The Labute approximate surface area is 257 Å². The van der Waals surface area contributed by atoms with Crippen LogP contribution in [-0.2, 0) is 15.3 Å². The number of rotatable bonds is 11. The molecule has 1 aromatic heterocycles. The second-order valence-electron chi connectivity index (χ2n) is 9.27. The highest BCUT2D eigenvalue weighted by molar-refractivity contribution is 8.00. The number of aromatic nitrogens is 2. The normalized spacial score (nSPS) is 16.2. The number of aliphatic hydroxyl groups is 1. The van der Waals surface area contributed by atoms with Gasteiger partial charge >= 0.3 is 5.91 Å². The number of benzene rings is 3. The quantitative estimate of drug-likeness (QED) is 0.0612. The van der Waals surface area contributed by atoms with Gasteiger partial charge in [0.2, 0.25) is 5.13 Å². The van der Waals surface area contributed by atoms with Crippen molar-refractivity contribution in [3.63, 3.8) is 0 Å². The first-order chi connectivity index (χ1) is 20.4. The van der Waals surface area contributed by atoms with Gasteiger partial charge in [-0.25, -0.2) is 0 Å². The van der Waals surface area contributed by atoms with Gasteiger partial charge in [-0.15, -0.1) is 10.2 Å². The predicted octanol–water partition coefficient (Wildman–Crippen LogP) is 7.30. The summed E-state index contributed by atoms with van der Waals surface area (Å²) in [5.74, 6) is -0.0282. The third kappa shape index (κ3) is 6.30. The molecular formula is C31H28ClN3O5S2. The Hall–Kier alpha value is -3.86. The van der Waals surface area contributed by atoms with Crippen LogP contribution in [0, 0.1) is 0 Å². The van der Waals surface area contributed by atoms with Crippen molar-refractivity contribution in [1.82, 2.24) is 10.2 Å². The first-order valence-corrected chi connectivity index (χ1v) is 15.6. The van der Waals surface area contributed by atoms with Gasteiger partial charge in [-0.3, -0.25) is 14.5 Å². The number of thioether (sulfide) groups is 1. The molecule has 3 aromatic carbocycles. The van der Waals surface area contributed by atoms with E-state index in [1.807, 2.05) is 38.1 Å². The summed E-state index contributed by atoms with van der Waals surface area (Å²) in [6.07, 6.45) is 0.859. The lowest BCUT2D eigenvalue weighted by atomic mass is 9.95. The van der Waals surface area contributed by atoms with Gasteiger partial charge in [0.1, 0.15) is 17.3 Å². The van der Waals surface area contributed by atoms with Gasteiger partial charge in [-0.05, 0) is 66.9 Å². The van der Waals surface area contributed by atoms with Gasteiger partial charge in [0.25, 0.3) is 5.78 Å². The second kappa shape index (κ2) is 13.4. The molecule has 1 unspecified atom stereocenters. The molecule has 0 radical (unpaired) electrons. The third-order valence-corrected chi connectivity index (χ3v) is 8.94. The first kappa shape index (κ1) is 29.6. The highest BCUT2D eigenvalue weighted by Gasteiger charge is 2.48. The summed E-state index contributed by atoms with van der Waals surface area (Å²) in [6, 6.07) is 20.5. The van der Waals surface area contributed by atoms with E-state index in [1.54, 1.807) is 48.5 Å². The zero-order chi connectivity index (χ0) is 29.6. The molecule has 2 heterocycles. The van der Waals surface area contributed by atoms with Crippen molar-refractivity contribution in [2.75, 3.05) is 18.1 Å². The summed E-state index contributed by atoms with van der Waals surface area (Å²) in [5.41, 5.74) is 1.91. The average molecular weight is 622 g/mol. The molecule has 1 saturated heterocycles. The molecule has 8 nitrogen and oxygen atoms in total. The molecule has 11 heteroatoms. The molecule has 42 heavy (non-hydrogen) atoms. The van der Waals surface area contributed by atoms with Gasteiger partial charge in [0.05, 0.1) is 24.8 Å². The van der Waals surface area contributed by atoms with Crippen molar-refractivity contribution in [2.45, 2.75) is 36.4 Å². The highest BCUT2D eigenvalue weighted by Crippen LogP contribution is 2.44. The molecule has 1 aliphatic heterocycles. The molecule has 4 aromatic rings. The van der Waals surface area contributed by atoms with Crippen LogP contribution in [-0.4, -0.2) is 40.2 Å². The number of anilines is 1. The number of ketones is 1. The van der Waals surface area contributed by atoms with Gasteiger partial charge in [0, 0.05) is 16.3 Å². The van der Waals surface area contributed by atoms with Crippen LogP contribution >= 0.6 is 34.7 Å². The van der Waals surface area contributed by atoms with Crippen LogP contribution in [0.4, 0.5) is 5.13 Å². The predicted molar refractivity (Wildman–Crippen MR) is 166 cm³/mol. The number of hydrogen-bond donors (Lipinski definition) is 1. The zero-order valence-electron chi connectivity index (χ0n) is 23.0. The number of carbonyl (C=O) groups is 2. The van der Waals surface area contributed by atoms with Crippen molar-refractivity contribution < 1.29 is 24.2 Å². The van der Waals surface area contributed by atoms with Crippen LogP contribution in [0.1, 0.15) is 43.0 Å². The van der Waals surface area contributed by atoms with E-state index < -0.39 is 17.7 Å². The van der Waals surface area contributed by atoms with Crippen LogP contribution in [0.2, 0.25) is 5.02 Å². The molecular weight excluding hydrogens is 594 g/mol. The molecule has 1 amide bonds. The molecule has 5 rings (SSSR count). The number of aliphatic hydroxyl groups excluding tert-OH is 1. The number of halogens is 1. The van der Waals surface area contributed by atoms with E-state index in [2.05, 4.69) is 10.2 Å². The van der Waals surface area contributed by atoms with Crippen molar-refractivity contribution in [3.8, 4) is 11.5 Å². The average Bonchev–Trinajstić information content (AvgIpc) is 3.58. The SMILES string of the molecule is CCCOc1ccc(C2/C(=C(/O)c3ccc(OCC)cc3)C(=O)C(=O)N2c2nnc(SCc3ccccc3Cl)s2)cc1. The van der Waals surface area contributed by atoms with Crippen LogP contribution in [0.3, 0.4) is 0 Å². The zero-order valence-corrected chi connectivity index (χ0v) is 25.3. The van der Waals surface area contributed by atoms with E-state index in [-0.39, 0.29) is 16.5 Å². The van der Waals surface area contributed by atoms with Crippen LogP contribution in [0.15, 0.2) is 82.7 Å². The minimum absolute atomic E-state index is 0.0353. The second-order valence-corrected chi connectivity index (χ2v) is 11.9. The largest absolute Gasteiger partial charge is 0.507 e. The highest BCUT2D eigenvalue weighted by atomic mass is 35.5. The molecule has 0 spiro atoms. The molecule has 1 atom stereocenters. The van der Waals surface area contributed by atoms with E-state index in [0.29, 0.717) is 51.0 Å². The molecule has 1 fully saturated rings. The van der Waals surface area contributed by atoms with E-state index in [0.717, 1.165) is 12.0 Å². The van der Waals surface area contributed by atoms with E-state index in [4.69, 9.17) is 21.1 Å². The van der Waals surface area contributed by atoms with Gasteiger partial charge in [0.15, 0.2) is 4.34 Å². The number of hydrogen-bond acceptors (Lipinski definition) is 9. The Morgan fingerprint density at radius 2 is 1.67 bits per heavy atom. The maximum atomic E-state index is 13.5. The fourth-order valence-corrected chi connectivity index (χ4v) is 6.61. The molecule has 1 aliphatic rings. The van der Waals surface area contributed by atoms with Crippen molar-refractivity contribution in [2.24, 2.45) is 0 Å². The monoisotopic (exact) mass is 621 g/mol. The molecule has 216 valence electrons. The van der Waals surface area contributed by atoms with Gasteiger partial charge in [-0.2, -0.15) is 0 Å². The van der Waals surface area contributed by atoms with Crippen molar-refractivity contribution in [3.05, 3.63) is 100 Å². The minimum Gasteiger partial charge on any atom is -0.507 e. The number of nitrogens with zero attached hydrogens (tertiary/aromatic N) is 3. The third-order valence-electron chi connectivity index (χ3n) is 6.46. The Morgan fingerprint density at radius 3 is 2.36 bits per heavy atom. The van der Waals surface area contributed by atoms with Crippen molar-refractivity contribution in [1.29, 1.82) is 0 Å². The van der Waals surface area contributed by atoms with Crippen molar-refractivity contribution >= 4 is 57.3 Å². The van der Waals surface area contributed by atoms with Crippen LogP contribution in [0.5, 0.6) is 11.5 Å². The first-order valence-electron chi connectivity index (χ1n) is 13.4. The fraction of sp³-hybridized carbons (Fsp3) is 0.226.